The van der Waals surface area contributed by atoms with Gasteiger partial charge in [0.15, 0.2) is 22.6 Å². The summed E-state index contributed by atoms with van der Waals surface area (Å²) < 4.78 is 42.2. The zero-order valence-electron chi connectivity index (χ0n) is 16.1. The highest BCUT2D eigenvalue weighted by molar-refractivity contribution is 7.99. The van der Waals surface area contributed by atoms with Crippen LogP contribution in [0.2, 0.25) is 0 Å². The molecule has 0 fully saturated rings. The zero-order chi connectivity index (χ0) is 20.8. The first-order valence-corrected chi connectivity index (χ1v) is 10.5. The number of hydrogen-bond acceptors (Lipinski definition) is 3. The van der Waals surface area contributed by atoms with E-state index >= 15 is 0 Å². The van der Waals surface area contributed by atoms with Crippen molar-refractivity contribution in [2.24, 2.45) is 0 Å². The predicted octanol–water partition coefficient (Wildman–Crippen LogP) is 5.76. The number of para-hydroxylation sites is 2. The SMILES string of the molecule is CCCCCCn1c(SCC(=O)Nc2ccc(F)c(F)c2F)nc2ccccc21. The molecule has 2 aromatic carbocycles. The fourth-order valence-electron chi connectivity index (χ4n) is 3.02. The van der Waals surface area contributed by atoms with Crippen LogP contribution in [0.5, 0.6) is 0 Å². The van der Waals surface area contributed by atoms with Crippen molar-refractivity contribution in [3.05, 3.63) is 53.8 Å². The van der Waals surface area contributed by atoms with E-state index in [0.29, 0.717) is 5.16 Å². The number of thioether (sulfide) groups is 1. The molecular weight excluding hydrogens is 399 g/mol. The van der Waals surface area contributed by atoms with Gasteiger partial charge in [0.25, 0.3) is 0 Å². The number of carbonyl (C=O) groups is 1. The number of halogens is 3. The molecule has 1 N–H and O–H groups in total. The van der Waals surface area contributed by atoms with Crippen LogP contribution in [0.3, 0.4) is 0 Å². The van der Waals surface area contributed by atoms with Gasteiger partial charge in [-0.05, 0) is 30.7 Å². The van der Waals surface area contributed by atoms with Crippen LogP contribution in [0.1, 0.15) is 32.6 Å². The Balaban J connectivity index is 1.69. The van der Waals surface area contributed by atoms with Crippen LogP contribution in [-0.4, -0.2) is 21.2 Å². The van der Waals surface area contributed by atoms with E-state index in [1.54, 1.807) is 0 Å². The van der Waals surface area contributed by atoms with Crippen molar-refractivity contribution >= 4 is 34.4 Å². The van der Waals surface area contributed by atoms with Crippen molar-refractivity contribution in [3.8, 4) is 0 Å². The summed E-state index contributed by atoms with van der Waals surface area (Å²) >= 11 is 1.23. The Morgan fingerprint density at radius 3 is 2.66 bits per heavy atom. The van der Waals surface area contributed by atoms with Gasteiger partial charge in [0.1, 0.15) is 0 Å². The van der Waals surface area contributed by atoms with Crippen molar-refractivity contribution in [1.82, 2.24) is 9.55 Å². The number of anilines is 1. The van der Waals surface area contributed by atoms with Gasteiger partial charge in [-0.25, -0.2) is 18.2 Å². The van der Waals surface area contributed by atoms with Gasteiger partial charge >= 0.3 is 0 Å². The van der Waals surface area contributed by atoms with E-state index in [2.05, 4.69) is 21.8 Å². The van der Waals surface area contributed by atoms with Crippen molar-refractivity contribution in [3.63, 3.8) is 0 Å². The maximum atomic E-state index is 13.7. The fourth-order valence-corrected chi connectivity index (χ4v) is 3.86. The third-order valence-electron chi connectivity index (χ3n) is 4.50. The van der Waals surface area contributed by atoms with Crippen LogP contribution in [0.25, 0.3) is 11.0 Å². The lowest BCUT2D eigenvalue weighted by Gasteiger charge is -2.10. The molecule has 4 nitrogen and oxygen atoms in total. The molecule has 0 aliphatic carbocycles. The van der Waals surface area contributed by atoms with E-state index < -0.39 is 23.4 Å². The Kier molecular flexibility index (Phi) is 7.19. The number of nitrogens with zero attached hydrogens (tertiary/aromatic N) is 2. The quantitative estimate of drug-likeness (QED) is 0.271. The van der Waals surface area contributed by atoms with E-state index in [0.717, 1.165) is 55.4 Å². The summed E-state index contributed by atoms with van der Waals surface area (Å²) in [5.74, 6) is -4.87. The first kappa shape index (κ1) is 21.2. The molecule has 3 rings (SSSR count). The van der Waals surface area contributed by atoms with Crippen LogP contribution in [0, 0.1) is 17.5 Å². The van der Waals surface area contributed by atoms with E-state index in [-0.39, 0.29) is 11.4 Å². The summed E-state index contributed by atoms with van der Waals surface area (Å²) in [6.07, 6.45) is 4.43. The largest absolute Gasteiger partial charge is 0.323 e. The second kappa shape index (κ2) is 9.82. The molecule has 0 aliphatic heterocycles. The minimum absolute atomic E-state index is 0.0310. The molecule has 0 bridgehead atoms. The average Bonchev–Trinajstić information content (AvgIpc) is 3.08. The molecule has 0 unspecified atom stereocenters. The van der Waals surface area contributed by atoms with E-state index in [4.69, 9.17) is 0 Å². The first-order chi connectivity index (χ1) is 14.0. The van der Waals surface area contributed by atoms with Crippen molar-refractivity contribution < 1.29 is 18.0 Å². The molecule has 0 saturated heterocycles. The highest BCUT2D eigenvalue weighted by Crippen LogP contribution is 2.26. The van der Waals surface area contributed by atoms with Gasteiger partial charge in [-0.15, -0.1) is 0 Å². The monoisotopic (exact) mass is 421 g/mol. The molecule has 0 spiro atoms. The number of fused-ring (bicyclic) bond motifs is 1. The Morgan fingerprint density at radius 2 is 1.86 bits per heavy atom. The lowest BCUT2D eigenvalue weighted by molar-refractivity contribution is -0.113. The molecule has 1 heterocycles. The topological polar surface area (TPSA) is 46.9 Å². The van der Waals surface area contributed by atoms with Crippen LogP contribution in [-0.2, 0) is 11.3 Å². The highest BCUT2D eigenvalue weighted by Gasteiger charge is 2.17. The number of unbranched alkanes of at least 4 members (excludes halogenated alkanes) is 3. The fraction of sp³-hybridized carbons (Fsp3) is 0.333. The molecule has 154 valence electrons. The minimum Gasteiger partial charge on any atom is -0.323 e. The number of nitrogens with one attached hydrogen (secondary N) is 1. The highest BCUT2D eigenvalue weighted by atomic mass is 32.2. The first-order valence-electron chi connectivity index (χ1n) is 9.52. The zero-order valence-corrected chi connectivity index (χ0v) is 16.9. The number of carbonyl (C=O) groups excluding carboxylic acids is 1. The van der Waals surface area contributed by atoms with Crippen LogP contribution in [0.15, 0.2) is 41.6 Å². The van der Waals surface area contributed by atoms with E-state index in [1.165, 1.54) is 11.8 Å². The van der Waals surface area contributed by atoms with Crippen molar-refractivity contribution in [2.45, 2.75) is 44.3 Å². The normalized spacial score (nSPS) is 11.2. The molecule has 1 aromatic heterocycles. The number of imidazole rings is 1. The molecule has 0 radical (unpaired) electrons. The second-order valence-corrected chi connectivity index (χ2v) is 7.60. The van der Waals surface area contributed by atoms with Gasteiger partial charge in [-0.3, -0.25) is 4.79 Å². The molecule has 0 aliphatic rings. The Morgan fingerprint density at radius 1 is 1.07 bits per heavy atom. The number of rotatable bonds is 9. The number of hydrogen-bond donors (Lipinski definition) is 1. The standard InChI is InChI=1S/C21H22F3N3OS/c1-2-3-4-7-12-27-17-9-6-5-8-15(17)26-21(27)29-13-18(28)25-16-11-10-14(22)19(23)20(16)24/h5-6,8-11H,2-4,7,12-13H2,1H3,(H,25,28). The van der Waals surface area contributed by atoms with Gasteiger partial charge in [0.2, 0.25) is 5.91 Å². The third-order valence-corrected chi connectivity index (χ3v) is 5.47. The van der Waals surface area contributed by atoms with E-state index in [1.807, 2.05) is 24.3 Å². The molecule has 0 saturated carbocycles. The van der Waals surface area contributed by atoms with Crippen molar-refractivity contribution in [2.75, 3.05) is 11.1 Å². The number of aryl methyl sites for hydroxylation is 1. The molecule has 3 aromatic rings. The number of benzene rings is 2. The molecular formula is C21H22F3N3OS. The summed E-state index contributed by atoms with van der Waals surface area (Å²) in [7, 11) is 0. The Hall–Kier alpha value is -2.48. The minimum atomic E-state index is -1.61. The van der Waals surface area contributed by atoms with Gasteiger partial charge in [0.05, 0.1) is 22.5 Å². The summed E-state index contributed by atoms with van der Waals surface area (Å²) in [6, 6.07) is 9.53. The Labute approximate surface area is 171 Å². The average molecular weight is 421 g/mol. The lowest BCUT2D eigenvalue weighted by Crippen LogP contribution is -2.16. The summed E-state index contributed by atoms with van der Waals surface area (Å²) in [5, 5.41) is 2.98. The maximum Gasteiger partial charge on any atom is 0.234 e. The van der Waals surface area contributed by atoms with Gasteiger partial charge < -0.3 is 9.88 Å². The molecule has 1 amide bonds. The Bertz CT molecular complexity index is 1010. The summed E-state index contributed by atoms with van der Waals surface area (Å²) in [4.78, 5) is 16.8. The lowest BCUT2D eigenvalue weighted by atomic mass is 10.2. The molecule has 0 atom stereocenters. The van der Waals surface area contributed by atoms with Crippen LogP contribution >= 0.6 is 11.8 Å². The second-order valence-electron chi connectivity index (χ2n) is 6.66. The van der Waals surface area contributed by atoms with Crippen LogP contribution < -0.4 is 5.32 Å². The van der Waals surface area contributed by atoms with Gasteiger partial charge in [-0.1, -0.05) is 50.1 Å². The van der Waals surface area contributed by atoms with Crippen LogP contribution in [0.4, 0.5) is 18.9 Å². The van der Waals surface area contributed by atoms with Gasteiger partial charge in [-0.2, -0.15) is 0 Å². The summed E-state index contributed by atoms with van der Waals surface area (Å²) in [5.41, 5.74) is 1.46. The van der Waals surface area contributed by atoms with Crippen molar-refractivity contribution in [1.29, 1.82) is 0 Å². The maximum absolute atomic E-state index is 13.7. The van der Waals surface area contributed by atoms with E-state index in [9.17, 15) is 18.0 Å². The summed E-state index contributed by atoms with van der Waals surface area (Å²) in [6.45, 7) is 2.95. The smallest absolute Gasteiger partial charge is 0.234 e. The molecule has 8 heteroatoms. The number of amides is 1. The third kappa shape index (κ3) is 5.12. The van der Waals surface area contributed by atoms with Gasteiger partial charge in [0, 0.05) is 6.54 Å². The molecule has 29 heavy (non-hydrogen) atoms. The number of aromatic nitrogens is 2. The predicted molar refractivity (Wildman–Crippen MR) is 110 cm³/mol.